The number of fused-ring (bicyclic) bond motifs is 1. The van der Waals surface area contributed by atoms with E-state index in [0.717, 1.165) is 40.0 Å². The van der Waals surface area contributed by atoms with Gasteiger partial charge in [0.25, 0.3) is 0 Å². The molecule has 1 aromatic carbocycles. The van der Waals surface area contributed by atoms with Gasteiger partial charge < -0.3 is 4.40 Å². The van der Waals surface area contributed by atoms with Crippen LogP contribution in [0.3, 0.4) is 0 Å². The topological polar surface area (TPSA) is 30.2 Å². The van der Waals surface area contributed by atoms with Crippen molar-refractivity contribution in [2.45, 2.75) is 6.42 Å². The van der Waals surface area contributed by atoms with Crippen molar-refractivity contribution in [3.63, 3.8) is 0 Å². The molecule has 0 atom stereocenters. The molecule has 4 aromatic rings. The quantitative estimate of drug-likeness (QED) is 0.531. The first-order valence-corrected chi connectivity index (χ1v) is 8.17. The monoisotopic (exact) mass is 327 g/mol. The fraction of sp³-hybridized carbons (Fsp3) is 0.0476. The van der Waals surface area contributed by atoms with Gasteiger partial charge in [0.05, 0.1) is 5.69 Å². The summed E-state index contributed by atoms with van der Waals surface area (Å²) in [6, 6.07) is 13.2. The van der Waals surface area contributed by atoms with Gasteiger partial charge in [-0.05, 0) is 48.4 Å². The van der Waals surface area contributed by atoms with Crippen molar-refractivity contribution in [3.8, 4) is 22.4 Å². The molecule has 1 aliphatic rings. The Bertz CT molecular complexity index is 1140. The Balaban J connectivity index is 1.68. The van der Waals surface area contributed by atoms with E-state index in [9.17, 15) is 4.39 Å². The molecule has 4 heteroatoms. The van der Waals surface area contributed by atoms with Crippen molar-refractivity contribution in [3.05, 3.63) is 84.7 Å². The largest absolute Gasteiger partial charge is 0.306 e. The second-order valence-corrected chi connectivity index (χ2v) is 6.14. The smallest absolute Gasteiger partial charge is 0.136 e. The van der Waals surface area contributed by atoms with Crippen LogP contribution in [-0.4, -0.2) is 14.4 Å². The van der Waals surface area contributed by atoms with Crippen LogP contribution in [0.4, 0.5) is 4.39 Å². The van der Waals surface area contributed by atoms with E-state index in [1.807, 2.05) is 53.2 Å². The van der Waals surface area contributed by atoms with E-state index < -0.39 is 0 Å². The van der Waals surface area contributed by atoms with Crippen molar-refractivity contribution >= 4 is 11.2 Å². The predicted molar refractivity (Wildman–Crippen MR) is 96.4 cm³/mol. The molecule has 0 bridgehead atoms. The van der Waals surface area contributed by atoms with Crippen LogP contribution < -0.4 is 0 Å². The summed E-state index contributed by atoms with van der Waals surface area (Å²) in [5.74, 6) is -0.176. The molecule has 0 unspecified atom stereocenters. The van der Waals surface area contributed by atoms with Gasteiger partial charge in [-0.15, -0.1) is 0 Å². The third kappa shape index (κ3) is 2.43. The Hall–Kier alpha value is -3.27. The Morgan fingerprint density at radius 3 is 2.68 bits per heavy atom. The number of imidazole rings is 1. The number of nitrogens with zero attached hydrogens (tertiary/aromatic N) is 3. The number of allylic oxidation sites excluding steroid dienone is 2. The first kappa shape index (κ1) is 14.1. The van der Waals surface area contributed by atoms with E-state index in [1.54, 1.807) is 18.5 Å². The maximum atomic E-state index is 14.1. The van der Waals surface area contributed by atoms with E-state index in [-0.39, 0.29) is 5.82 Å². The summed E-state index contributed by atoms with van der Waals surface area (Å²) in [6.07, 6.45) is 10.4. The van der Waals surface area contributed by atoms with Gasteiger partial charge in [-0.25, -0.2) is 9.37 Å². The predicted octanol–water partition coefficient (Wildman–Crippen LogP) is 4.99. The second-order valence-electron chi connectivity index (χ2n) is 6.14. The van der Waals surface area contributed by atoms with Gasteiger partial charge in [0.1, 0.15) is 11.5 Å². The molecule has 0 saturated carbocycles. The summed E-state index contributed by atoms with van der Waals surface area (Å²) in [4.78, 5) is 8.86. The van der Waals surface area contributed by atoms with Gasteiger partial charge in [0.15, 0.2) is 0 Å². The maximum Gasteiger partial charge on any atom is 0.136 e. The fourth-order valence-electron chi connectivity index (χ4n) is 3.14. The molecule has 5 rings (SSSR count). The van der Waals surface area contributed by atoms with E-state index in [0.29, 0.717) is 5.56 Å². The Morgan fingerprint density at radius 2 is 1.80 bits per heavy atom. The standard InChI is InChI=1S/C21H14FN3/c22-19-7-5-15(12-18(19)14-3-4-14)21-17(2-1-9-24-21)16-6-8-20-23-10-11-25(20)13-16/h1-3,5-13H,4H2. The van der Waals surface area contributed by atoms with Crippen LogP contribution in [0, 0.1) is 5.82 Å². The van der Waals surface area contributed by atoms with E-state index >= 15 is 0 Å². The lowest BCUT2D eigenvalue weighted by Crippen LogP contribution is -1.93. The molecule has 0 fully saturated rings. The minimum atomic E-state index is -0.176. The van der Waals surface area contributed by atoms with Crippen LogP contribution in [-0.2, 0) is 0 Å². The van der Waals surface area contributed by atoms with Crippen LogP contribution in [0.25, 0.3) is 33.6 Å². The highest BCUT2D eigenvalue weighted by Crippen LogP contribution is 2.37. The lowest BCUT2D eigenvalue weighted by Gasteiger charge is -2.11. The van der Waals surface area contributed by atoms with Gasteiger partial charge >= 0.3 is 0 Å². The molecule has 0 N–H and O–H groups in total. The summed E-state index contributed by atoms with van der Waals surface area (Å²) >= 11 is 0. The molecule has 3 nitrogen and oxygen atoms in total. The van der Waals surface area contributed by atoms with Gasteiger partial charge in [-0.2, -0.15) is 0 Å². The zero-order chi connectivity index (χ0) is 16.8. The van der Waals surface area contributed by atoms with Crippen molar-refractivity contribution in [1.82, 2.24) is 14.4 Å². The summed E-state index contributed by atoms with van der Waals surface area (Å²) in [5.41, 5.74) is 6.48. The summed E-state index contributed by atoms with van der Waals surface area (Å²) in [5, 5.41) is 0. The Labute approximate surface area is 144 Å². The van der Waals surface area contributed by atoms with Gasteiger partial charge in [0.2, 0.25) is 0 Å². The number of aromatic nitrogens is 3. The van der Waals surface area contributed by atoms with Crippen LogP contribution in [0.5, 0.6) is 0 Å². The minimum absolute atomic E-state index is 0.176. The molecule has 3 aromatic heterocycles. The molecule has 120 valence electrons. The zero-order valence-electron chi connectivity index (χ0n) is 13.4. The lowest BCUT2D eigenvalue weighted by molar-refractivity contribution is 0.624. The van der Waals surface area contributed by atoms with Crippen LogP contribution in [0.2, 0.25) is 0 Å². The third-order valence-electron chi connectivity index (χ3n) is 4.50. The molecule has 0 spiro atoms. The number of rotatable bonds is 3. The number of hydrogen-bond acceptors (Lipinski definition) is 2. The molecule has 0 amide bonds. The lowest BCUT2D eigenvalue weighted by atomic mass is 9.98. The SMILES string of the molecule is Fc1ccc(-c2ncccc2-c2ccc3nccn3c2)cc1C1=CC1. The van der Waals surface area contributed by atoms with Gasteiger partial charge in [-0.1, -0.05) is 12.1 Å². The van der Waals surface area contributed by atoms with Crippen molar-refractivity contribution in [2.24, 2.45) is 0 Å². The van der Waals surface area contributed by atoms with E-state index in [1.165, 1.54) is 6.07 Å². The van der Waals surface area contributed by atoms with Crippen LogP contribution in [0.1, 0.15) is 12.0 Å². The fourth-order valence-corrected chi connectivity index (χ4v) is 3.14. The number of hydrogen-bond donors (Lipinski definition) is 0. The first-order chi connectivity index (χ1) is 12.3. The Kier molecular flexibility index (Phi) is 3.04. The van der Waals surface area contributed by atoms with Crippen molar-refractivity contribution < 1.29 is 4.39 Å². The highest BCUT2D eigenvalue weighted by molar-refractivity contribution is 5.84. The minimum Gasteiger partial charge on any atom is -0.306 e. The molecule has 3 heterocycles. The van der Waals surface area contributed by atoms with E-state index in [2.05, 4.69) is 9.97 Å². The zero-order valence-corrected chi connectivity index (χ0v) is 13.4. The maximum absolute atomic E-state index is 14.1. The highest BCUT2D eigenvalue weighted by atomic mass is 19.1. The molecule has 25 heavy (non-hydrogen) atoms. The highest BCUT2D eigenvalue weighted by Gasteiger charge is 2.17. The average molecular weight is 327 g/mol. The number of halogens is 1. The average Bonchev–Trinajstić information content (AvgIpc) is 3.39. The normalized spacial score (nSPS) is 13.1. The van der Waals surface area contributed by atoms with Crippen molar-refractivity contribution in [1.29, 1.82) is 0 Å². The number of benzene rings is 1. The molecular formula is C21H14FN3. The molecule has 0 radical (unpaired) electrons. The number of pyridine rings is 2. The third-order valence-corrected chi connectivity index (χ3v) is 4.50. The second kappa shape index (κ2) is 5.38. The molecule has 1 aliphatic carbocycles. The summed E-state index contributed by atoms with van der Waals surface area (Å²) in [7, 11) is 0. The molecule has 0 saturated heterocycles. The molecular weight excluding hydrogens is 313 g/mol. The summed E-state index contributed by atoms with van der Waals surface area (Å²) in [6.45, 7) is 0. The first-order valence-electron chi connectivity index (χ1n) is 8.17. The van der Waals surface area contributed by atoms with Crippen LogP contribution >= 0.6 is 0 Å². The van der Waals surface area contributed by atoms with E-state index in [4.69, 9.17) is 0 Å². The van der Waals surface area contributed by atoms with Gasteiger partial charge in [-0.3, -0.25) is 4.98 Å². The van der Waals surface area contributed by atoms with Crippen LogP contribution in [0.15, 0.2) is 73.3 Å². The Morgan fingerprint density at radius 1 is 0.920 bits per heavy atom. The van der Waals surface area contributed by atoms with Crippen molar-refractivity contribution in [2.75, 3.05) is 0 Å². The molecule has 0 aliphatic heterocycles. The van der Waals surface area contributed by atoms with Gasteiger partial charge in [0, 0.05) is 47.0 Å². The summed E-state index contributed by atoms with van der Waals surface area (Å²) < 4.78 is 16.1.